The number of Topliss-reactive ketones (excluding diaryl/α,β-unsaturated/α-hetero) is 1. The zero-order valence-corrected chi connectivity index (χ0v) is 20.3. The van der Waals surface area contributed by atoms with Crippen LogP contribution in [0.3, 0.4) is 0 Å². The van der Waals surface area contributed by atoms with Crippen molar-refractivity contribution in [1.82, 2.24) is 25.7 Å². The minimum Gasteiger partial charge on any atom is -0.378 e. The summed E-state index contributed by atoms with van der Waals surface area (Å²) in [5.74, 6) is -2.11. The van der Waals surface area contributed by atoms with Crippen LogP contribution in [0.5, 0.6) is 0 Å². The van der Waals surface area contributed by atoms with E-state index < -0.39 is 45.4 Å². The van der Waals surface area contributed by atoms with Gasteiger partial charge in [-0.2, -0.15) is 4.98 Å². The van der Waals surface area contributed by atoms with Crippen molar-refractivity contribution in [2.45, 2.75) is 52.6 Å². The number of ketones is 1. The molecule has 1 fully saturated rings. The van der Waals surface area contributed by atoms with Crippen molar-refractivity contribution < 1.29 is 32.1 Å². The Balaban J connectivity index is 2.17. The maximum atomic E-state index is 13.0. The molecular formula is C20H33N5O7S. The van der Waals surface area contributed by atoms with E-state index in [0.29, 0.717) is 38.5 Å². The Bertz CT molecular complexity index is 925. The fourth-order valence-corrected chi connectivity index (χ4v) is 5.19. The van der Waals surface area contributed by atoms with E-state index in [1.165, 1.54) is 4.90 Å². The molecule has 2 N–H and O–H groups in total. The number of nitrogens with zero attached hydrogens (tertiary/aromatic N) is 3. The van der Waals surface area contributed by atoms with Gasteiger partial charge in [0.25, 0.3) is 5.89 Å². The zero-order valence-electron chi connectivity index (χ0n) is 19.5. The number of carbonyl (C=O) groups excluding carboxylic acids is 3. The van der Waals surface area contributed by atoms with Crippen LogP contribution in [0.2, 0.25) is 0 Å². The van der Waals surface area contributed by atoms with Crippen LogP contribution >= 0.6 is 0 Å². The Labute approximate surface area is 193 Å². The van der Waals surface area contributed by atoms with E-state index >= 15 is 0 Å². The number of nitrogens with one attached hydrogen (secondary N) is 2. The first-order chi connectivity index (χ1) is 15.6. The highest BCUT2D eigenvalue weighted by molar-refractivity contribution is 7.91. The average Bonchev–Trinajstić information content (AvgIpc) is 3.25. The predicted molar refractivity (Wildman–Crippen MR) is 118 cm³/mol. The SMILES string of the molecule is CCc1noc(C(=O)C(CC)NC(=O)C(CS(=O)(=O)CC(C)C)NC(=O)N2CCOCC2)n1. The molecule has 12 nitrogen and oxygen atoms in total. The van der Waals surface area contributed by atoms with Gasteiger partial charge in [0.05, 0.1) is 30.8 Å². The van der Waals surface area contributed by atoms with Gasteiger partial charge in [-0.25, -0.2) is 13.2 Å². The summed E-state index contributed by atoms with van der Waals surface area (Å²) in [4.78, 5) is 43.9. The largest absolute Gasteiger partial charge is 0.378 e. The molecular weight excluding hydrogens is 454 g/mol. The van der Waals surface area contributed by atoms with Crippen LogP contribution < -0.4 is 10.6 Å². The molecule has 0 bridgehead atoms. The third-order valence-corrected chi connectivity index (χ3v) is 6.97. The highest BCUT2D eigenvalue weighted by Gasteiger charge is 2.33. The van der Waals surface area contributed by atoms with Gasteiger partial charge in [-0.15, -0.1) is 0 Å². The molecule has 2 atom stereocenters. The third-order valence-electron chi connectivity index (χ3n) is 4.96. The molecule has 0 aromatic carbocycles. The quantitative estimate of drug-likeness (QED) is 0.415. The Morgan fingerprint density at radius 1 is 1.06 bits per heavy atom. The van der Waals surface area contributed by atoms with E-state index in [4.69, 9.17) is 9.26 Å². The Kier molecular flexibility index (Phi) is 9.77. The van der Waals surface area contributed by atoms with Crippen molar-refractivity contribution in [3.05, 3.63) is 11.7 Å². The second kappa shape index (κ2) is 12.1. The molecule has 1 aromatic rings. The Morgan fingerprint density at radius 2 is 1.73 bits per heavy atom. The summed E-state index contributed by atoms with van der Waals surface area (Å²) in [7, 11) is -3.66. The molecule has 1 aliphatic rings. The molecule has 2 heterocycles. The van der Waals surface area contributed by atoms with Gasteiger partial charge in [-0.05, 0) is 12.3 Å². The summed E-state index contributed by atoms with van der Waals surface area (Å²) >= 11 is 0. The second-order valence-corrected chi connectivity index (χ2v) is 10.4. The van der Waals surface area contributed by atoms with Crippen LogP contribution in [0.25, 0.3) is 0 Å². The maximum absolute atomic E-state index is 13.0. The molecule has 0 spiro atoms. The molecule has 2 rings (SSSR count). The first-order valence-corrected chi connectivity index (χ1v) is 12.9. The topological polar surface area (TPSA) is 161 Å². The molecule has 0 aliphatic carbocycles. The van der Waals surface area contributed by atoms with Crippen molar-refractivity contribution in [2.24, 2.45) is 5.92 Å². The van der Waals surface area contributed by atoms with E-state index in [1.54, 1.807) is 27.7 Å². The van der Waals surface area contributed by atoms with Gasteiger partial charge in [-0.3, -0.25) is 9.59 Å². The lowest BCUT2D eigenvalue weighted by Gasteiger charge is -2.29. The molecule has 1 saturated heterocycles. The molecule has 33 heavy (non-hydrogen) atoms. The molecule has 1 aromatic heterocycles. The number of aryl methyl sites for hydroxylation is 1. The number of rotatable bonds is 11. The monoisotopic (exact) mass is 487 g/mol. The van der Waals surface area contributed by atoms with Gasteiger partial charge in [0, 0.05) is 19.5 Å². The number of amides is 3. The third kappa shape index (κ3) is 8.07. The number of hydrogen-bond donors (Lipinski definition) is 2. The van der Waals surface area contributed by atoms with E-state index in [2.05, 4.69) is 20.8 Å². The summed E-state index contributed by atoms with van der Waals surface area (Å²) in [6.45, 7) is 8.34. The van der Waals surface area contributed by atoms with Crippen LogP contribution in [0, 0.1) is 5.92 Å². The minimum absolute atomic E-state index is 0.137. The molecule has 3 amide bonds. The molecule has 0 saturated carbocycles. The second-order valence-electron chi connectivity index (χ2n) is 8.28. The normalized spacial score (nSPS) is 16.3. The lowest BCUT2D eigenvalue weighted by Crippen LogP contribution is -2.57. The highest BCUT2D eigenvalue weighted by Crippen LogP contribution is 2.08. The first-order valence-electron chi connectivity index (χ1n) is 11.1. The molecule has 186 valence electrons. The molecule has 13 heteroatoms. The van der Waals surface area contributed by atoms with Crippen molar-refractivity contribution in [1.29, 1.82) is 0 Å². The smallest absolute Gasteiger partial charge is 0.318 e. The van der Waals surface area contributed by atoms with E-state index in [-0.39, 0.29) is 24.0 Å². The number of hydrogen-bond acceptors (Lipinski definition) is 9. The molecule has 1 aliphatic heterocycles. The van der Waals surface area contributed by atoms with Gasteiger partial charge in [0.15, 0.2) is 15.7 Å². The van der Waals surface area contributed by atoms with Gasteiger partial charge < -0.3 is 24.8 Å². The van der Waals surface area contributed by atoms with E-state index in [1.807, 2.05) is 0 Å². The van der Waals surface area contributed by atoms with Crippen molar-refractivity contribution in [3.63, 3.8) is 0 Å². The van der Waals surface area contributed by atoms with Gasteiger partial charge >= 0.3 is 6.03 Å². The number of carbonyl (C=O) groups is 3. The average molecular weight is 488 g/mol. The number of urea groups is 1. The van der Waals surface area contributed by atoms with Crippen molar-refractivity contribution in [2.75, 3.05) is 37.8 Å². The number of aromatic nitrogens is 2. The van der Waals surface area contributed by atoms with Crippen LogP contribution in [0.4, 0.5) is 4.79 Å². The fourth-order valence-electron chi connectivity index (χ4n) is 3.29. The van der Waals surface area contributed by atoms with E-state index in [9.17, 15) is 22.8 Å². The van der Waals surface area contributed by atoms with Crippen LogP contribution in [0.1, 0.15) is 50.6 Å². The van der Waals surface area contributed by atoms with Crippen LogP contribution in [0.15, 0.2) is 4.52 Å². The summed E-state index contributed by atoms with van der Waals surface area (Å²) in [6, 6.07) is -2.96. The Hall–Kier alpha value is -2.54. The standard InChI is InChI=1S/C20H33N5O7S/c1-5-14(17(26)19-23-16(6-2)24-32-19)21-18(27)15(12-33(29,30)11-13(3)4)22-20(28)25-7-9-31-10-8-25/h13-15H,5-12H2,1-4H3,(H,21,27)(H,22,28). The van der Waals surface area contributed by atoms with Crippen molar-refractivity contribution >= 4 is 27.6 Å². The van der Waals surface area contributed by atoms with Gasteiger partial charge in [-0.1, -0.05) is 32.9 Å². The predicted octanol–water partition coefficient (Wildman–Crippen LogP) is 0.191. The van der Waals surface area contributed by atoms with E-state index in [0.717, 1.165) is 0 Å². The lowest BCUT2D eigenvalue weighted by molar-refractivity contribution is -0.123. The minimum atomic E-state index is -3.66. The summed E-state index contributed by atoms with van der Waals surface area (Å²) in [5.41, 5.74) is 0. The number of morpholine rings is 1. The van der Waals surface area contributed by atoms with Gasteiger partial charge in [0.2, 0.25) is 11.7 Å². The van der Waals surface area contributed by atoms with Crippen molar-refractivity contribution in [3.8, 4) is 0 Å². The summed E-state index contributed by atoms with van der Waals surface area (Å²) in [6.07, 6.45) is 0.681. The zero-order chi connectivity index (χ0) is 24.6. The maximum Gasteiger partial charge on any atom is 0.318 e. The first kappa shape index (κ1) is 26.7. The Morgan fingerprint density at radius 3 is 2.27 bits per heavy atom. The number of ether oxygens (including phenoxy) is 1. The summed E-state index contributed by atoms with van der Waals surface area (Å²) in [5, 5.41) is 8.73. The highest BCUT2D eigenvalue weighted by atomic mass is 32.2. The van der Waals surface area contributed by atoms with Crippen LogP contribution in [-0.4, -0.2) is 91.1 Å². The van der Waals surface area contributed by atoms with Gasteiger partial charge in [0.1, 0.15) is 6.04 Å². The summed E-state index contributed by atoms with van der Waals surface area (Å²) < 4.78 is 35.4. The van der Waals surface area contributed by atoms with Crippen LogP contribution in [-0.2, 0) is 25.8 Å². The molecule has 0 radical (unpaired) electrons. The lowest BCUT2D eigenvalue weighted by atomic mass is 10.1. The number of sulfone groups is 1. The fraction of sp³-hybridized carbons (Fsp3) is 0.750. The molecule has 2 unspecified atom stereocenters.